The van der Waals surface area contributed by atoms with Gasteiger partial charge in [-0.1, -0.05) is 54.6 Å². The lowest BCUT2D eigenvalue weighted by Crippen LogP contribution is -2.49. The van der Waals surface area contributed by atoms with Crippen molar-refractivity contribution in [3.05, 3.63) is 71.3 Å². The van der Waals surface area contributed by atoms with E-state index < -0.39 is 0 Å². The summed E-state index contributed by atoms with van der Waals surface area (Å²) in [6.07, 6.45) is -0.284. The van der Waals surface area contributed by atoms with Gasteiger partial charge in [0.1, 0.15) is 6.61 Å². The average molecular weight is 399 g/mol. The topological polar surface area (TPSA) is 50.8 Å². The molecule has 28 heavy (non-hydrogen) atoms. The molecular weight excluding hydrogens is 372 g/mol. The highest BCUT2D eigenvalue weighted by Gasteiger charge is 2.27. The molecular formula is C22H26N2O3S. The minimum atomic E-state index is -0.268. The molecule has 0 spiro atoms. The van der Waals surface area contributed by atoms with Crippen LogP contribution in [-0.2, 0) is 21.8 Å². The number of rotatable bonds is 5. The van der Waals surface area contributed by atoms with Gasteiger partial charge < -0.3 is 19.7 Å². The van der Waals surface area contributed by atoms with E-state index in [2.05, 4.69) is 29.6 Å². The van der Waals surface area contributed by atoms with Crippen LogP contribution in [0, 0.1) is 0 Å². The Morgan fingerprint density at radius 3 is 2.89 bits per heavy atom. The van der Waals surface area contributed by atoms with E-state index in [-0.39, 0.29) is 12.2 Å². The molecule has 0 saturated carbocycles. The quantitative estimate of drug-likeness (QED) is 0.834. The number of fused-ring (bicyclic) bond motifs is 1. The van der Waals surface area contributed by atoms with Crippen LogP contribution < -0.4 is 5.32 Å². The molecule has 0 radical (unpaired) electrons. The first-order valence-electron chi connectivity index (χ1n) is 9.76. The van der Waals surface area contributed by atoms with Crippen molar-refractivity contribution in [2.24, 2.45) is 0 Å². The predicted molar refractivity (Wildman–Crippen MR) is 111 cm³/mol. The van der Waals surface area contributed by atoms with Crippen molar-refractivity contribution in [2.75, 3.05) is 32.0 Å². The number of nitrogens with one attached hydrogen (secondary N) is 1. The van der Waals surface area contributed by atoms with Crippen molar-refractivity contribution in [2.45, 2.75) is 24.5 Å². The van der Waals surface area contributed by atoms with Crippen molar-refractivity contribution < 1.29 is 14.3 Å². The van der Waals surface area contributed by atoms with Crippen molar-refractivity contribution in [3.8, 4) is 0 Å². The van der Waals surface area contributed by atoms with Crippen LogP contribution in [0.4, 0.5) is 4.79 Å². The third-order valence-electron chi connectivity index (χ3n) is 5.17. The molecule has 2 unspecified atom stereocenters. The van der Waals surface area contributed by atoms with Gasteiger partial charge in [-0.3, -0.25) is 0 Å². The highest BCUT2D eigenvalue weighted by atomic mass is 32.2. The number of morpholine rings is 1. The Morgan fingerprint density at radius 1 is 1.18 bits per heavy atom. The van der Waals surface area contributed by atoms with Gasteiger partial charge in [0.2, 0.25) is 0 Å². The summed E-state index contributed by atoms with van der Waals surface area (Å²) < 4.78 is 11.3. The SMILES string of the molecule is O=C(OCc1ccccc1)N1CCOC(CNC2CSCc3ccccc32)C1. The Hall–Kier alpha value is -2.02. The minimum Gasteiger partial charge on any atom is -0.445 e. The number of carbonyl (C=O) groups is 1. The van der Waals surface area contributed by atoms with E-state index in [9.17, 15) is 4.79 Å². The van der Waals surface area contributed by atoms with E-state index in [1.807, 2.05) is 42.1 Å². The third kappa shape index (κ3) is 4.87. The lowest BCUT2D eigenvalue weighted by atomic mass is 10.0. The summed E-state index contributed by atoms with van der Waals surface area (Å²) in [6, 6.07) is 18.7. The number of amides is 1. The van der Waals surface area contributed by atoms with E-state index >= 15 is 0 Å². The monoisotopic (exact) mass is 398 g/mol. The summed E-state index contributed by atoms with van der Waals surface area (Å²) in [5.41, 5.74) is 3.79. The number of hydrogen-bond acceptors (Lipinski definition) is 5. The number of carbonyl (C=O) groups excluding carboxylic acids is 1. The zero-order valence-corrected chi connectivity index (χ0v) is 16.7. The van der Waals surface area contributed by atoms with Crippen molar-refractivity contribution in [1.82, 2.24) is 10.2 Å². The van der Waals surface area contributed by atoms with Gasteiger partial charge in [0.05, 0.1) is 19.3 Å². The second kappa shape index (κ2) is 9.45. The Balaban J connectivity index is 1.27. The van der Waals surface area contributed by atoms with Crippen LogP contribution in [-0.4, -0.2) is 49.1 Å². The summed E-state index contributed by atoms with van der Waals surface area (Å²) in [5, 5.41) is 3.64. The van der Waals surface area contributed by atoms with Gasteiger partial charge in [-0.05, 0) is 16.7 Å². The summed E-state index contributed by atoms with van der Waals surface area (Å²) in [6.45, 7) is 2.70. The molecule has 1 fully saturated rings. The molecule has 4 rings (SSSR count). The van der Waals surface area contributed by atoms with Crippen LogP contribution >= 0.6 is 11.8 Å². The Morgan fingerprint density at radius 2 is 2.00 bits per heavy atom. The maximum atomic E-state index is 12.4. The van der Waals surface area contributed by atoms with Crippen molar-refractivity contribution >= 4 is 17.9 Å². The Labute approximate surface area is 170 Å². The second-order valence-electron chi connectivity index (χ2n) is 7.15. The molecule has 2 aromatic rings. The largest absolute Gasteiger partial charge is 0.445 e. The van der Waals surface area contributed by atoms with E-state index in [0.29, 0.717) is 32.3 Å². The van der Waals surface area contributed by atoms with E-state index in [1.54, 1.807) is 4.90 Å². The smallest absolute Gasteiger partial charge is 0.410 e. The van der Waals surface area contributed by atoms with Gasteiger partial charge in [-0.25, -0.2) is 4.79 Å². The molecule has 2 atom stereocenters. The summed E-state index contributed by atoms with van der Waals surface area (Å²) in [4.78, 5) is 14.2. The van der Waals surface area contributed by atoms with Gasteiger partial charge in [-0.15, -0.1) is 0 Å². The van der Waals surface area contributed by atoms with Crippen molar-refractivity contribution in [3.63, 3.8) is 0 Å². The van der Waals surface area contributed by atoms with Crippen molar-refractivity contribution in [1.29, 1.82) is 0 Å². The van der Waals surface area contributed by atoms with Gasteiger partial charge in [-0.2, -0.15) is 11.8 Å². The molecule has 6 heteroatoms. The summed E-state index contributed by atoms with van der Waals surface area (Å²) >= 11 is 1.95. The first kappa shape index (κ1) is 19.3. The number of ether oxygens (including phenoxy) is 2. The molecule has 0 bridgehead atoms. The van der Waals surface area contributed by atoms with Crippen LogP contribution in [0.2, 0.25) is 0 Å². The van der Waals surface area contributed by atoms with Crippen LogP contribution in [0.3, 0.4) is 0 Å². The highest BCUT2D eigenvalue weighted by molar-refractivity contribution is 7.98. The zero-order valence-electron chi connectivity index (χ0n) is 15.9. The number of nitrogens with zero attached hydrogens (tertiary/aromatic N) is 1. The van der Waals surface area contributed by atoms with Gasteiger partial charge >= 0.3 is 6.09 Å². The molecule has 2 aliphatic heterocycles. The molecule has 2 aliphatic rings. The standard InChI is InChI=1S/C22H26N2O3S/c25-22(27-14-17-6-2-1-3-7-17)24-10-11-26-19(13-24)12-23-21-16-28-15-18-8-4-5-9-20(18)21/h1-9,19,21,23H,10-16H2. The summed E-state index contributed by atoms with van der Waals surface area (Å²) in [7, 11) is 0. The van der Waals surface area contributed by atoms with Gasteiger partial charge in [0, 0.05) is 30.6 Å². The van der Waals surface area contributed by atoms with E-state index in [0.717, 1.165) is 23.6 Å². The van der Waals surface area contributed by atoms with Gasteiger partial charge in [0.15, 0.2) is 0 Å². The zero-order chi connectivity index (χ0) is 19.2. The van der Waals surface area contributed by atoms with Crippen LogP contribution in [0.25, 0.3) is 0 Å². The molecule has 148 valence electrons. The average Bonchev–Trinajstić information content (AvgIpc) is 2.77. The summed E-state index contributed by atoms with van der Waals surface area (Å²) in [5.74, 6) is 2.14. The number of thioether (sulfide) groups is 1. The maximum Gasteiger partial charge on any atom is 0.410 e. The fraction of sp³-hybridized carbons (Fsp3) is 0.409. The fourth-order valence-corrected chi connectivity index (χ4v) is 4.78. The first-order chi connectivity index (χ1) is 13.8. The van der Waals surface area contributed by atoms with E-state index in [4.69, 9.17) is 9.47 Å². The molecule has 0 aromatic heterocycles. The number of benzene rings is 2. The molecule has 5 nitrogen and oxygen atoms in total. The molecule has 2 heterocycles. The van der Waals surface area contributed by atoms with Crippen LogP contribution in [0.5, 0.6) is 0 Å². The third-order valence-corrected chi connectivity index (χ3v) is 6.25. The first-order valence-corrected chi connectivity index (χ1v) is 10.9. The molecule has 1 amide bonds. The highest BCUT2D eigenvalue weighted by Crippen LogP contribution is 2.31. The second-order valence-corrected chi connectivity index (χ2v) is 8.18. The van der Waals surface area contributed by atoms with Gasteiger partial charge in [0.25, 0.3) is 0 Å². The van der Waals surface area contributed by atoms with Crippen LogP contribution in [0.1, 0.15) is 22.7 Å². The lowest BCUT2D eigenvalue weighted by Gasteiger charge is -2.34. The Bertz CT molecular complexity index is 786. The normalized spacial score (nSPS) is 21.8. The van der Waals surface area contributed by atoms with E-state index in [1.165, 1.54) is 11.1 Å². The molecule has 0 aliphatic carbocycles. The molecule has 1 N–H and O–H groups in total. The molecule has 2 aromatic carbocycles. The van der Waals surface area contributed by atoms with Crippen LogP contribution in [0.15, 0.2) is 54.6 Å². The maximum absolute atomic E-state index is 12.4. The minimum absolute atomic E-state index is 0.0166. The molecule has 1 saturated heterocycles. The number of hydrogen-bond donors (Lipinski definition) is 1. The predicted octanol–water partition coefficient (Wildman–Crippen LogP) is 3.60. The lowest BCUT2D eigenvalue weighted by molar-refractivity contribution is -0.0278. The Kier molecular flexibility index (Phi) is 6.52. The fourth-order valence-electron chi connectivity index (χ4n) is 3.64.